The normalized spacial score (nSPS) is 9.57. The Bertz CT molecular complexity index is 360. The van der Waals surface area contributed by atoms with E-state index >= 15 is 0 Å². The summed E-state index contributed by atoms with van der Waals surface area (Å²) in [6, 6.07) is 5.10. The van der Waals surface area contributed by atoms with E-state index in [4.69, 9.17) is 4.74 Å². The summed E-state index contributed by atoms with van der Waals surface area (Å²) in [5, 5.41) is 0. The Morgan fingerprint density at radius 2 is 2.29 bits per heavy atom. The van der Waals surface area contributed by atoms with E-state index in [-0.39, 0.29) is 12.2 Å². The fraction of sp³-hybridized carbons (Fsp3) is 0.200. The molecule has 0 atom stereocenters. The van der Waals surface area contributed by atoms with Crippen LogP contribution in [0.3, 0.4) is 0 Å². The molecule has 1 rings (SSSR count). The number of benzene rings is 1. The van der Waals surface area contributed by atoms with E-state index in [1.54, 1.807) is 18.2 Å². The number of carbonyl (C=O) groups is 2. The van der Waals surface area contributed by atoms with Crippen molar-refractivity contribution in [2.75, 3.05) is 7.11 Å². The minimum absolute atomic E-state index is 0.118. The van der Waals surface area contributed by atoms with Crippen molar-refractivity contribution in [3.05, 3.63) is 28.2 Å². The monoisotopic (exact) mass is 256 g/mol. The van der Waals surface area contributed by atoms with Crippen LogP contribution in [0.15, 0.2) is 22.7 Å². The molecule has 1 aromatic rings. The first-order valence-corrected chi connectivity index (χ1v) is 4.78. The average Bonchev–Trinajstić information content (AvgIpc) is 2.18. The van der Waals surface area contributed by atoms with Gasteiger partial charge in [-0.15, -0.1) is 0 Å². The molecular formula is C10H9BrO3. The Morgan fingerprint density at radius 3 is 2.86 bits per heavy atom. The number of hydrogen-bond acceptors (Lipinski definition) is 3. The molecule has 0 saturated heterocycles. The quantitative estimate of drug-likeness (QED) is 0.472. The van der Waals surface area contributed by atoms with Gasteiger partial charge in [0.2, 0.25) is 0 Å². The van der Waals surface area contributed by atoms with Crippen molar-refractivity contribution >= 4 is 28.0 Å². The second-order valence-corrected chi connectivity index (χ2v) is 3.55. The number of rotatable bonds is 4. The molecule has 74 valence electrons. The van der Waals surface area contributed by atoms with E-state index in [9.17, 15) is 9.59 Å². The van der Waals surface area contributed by atoms with Gasteiger partial charge in [-0.25, -0.2) is 0 Å². The number of Topliss-reactive ketones (excluding diaryl/α,β-unsaturated/α-hetero) is 1. The van der Waals surface area contributed by atoms with E-state index < -0.39 is 0 Å². The highest BCUT2D eigenvalue weighted by Gasteiger charge is 2.11. The number of aldehydes is 1. The van der Waals surface area contributed by atoms with Crippen LogP contribution in [0.2, 0.25) is 0 Å². The summed E-state index contributed by atoms with van der Waals surface area (Å²) in [5.74, 6) is 0.248. The van der Waals surface area contributed by atoms with E-state index in [0.717, 1.165) is 4.47 Å². The third-order valence-electron chi connectivity index (χ3n) is 1.73. The maximum Gasteiger partial charge on any atom is 0.173 e. The van der Waals surface area contributed by atoms with Gasteiger partial charge in [-0.1, -0.05) is 15.9 Å². The van der Waals surface area contributed by atoms with Crippen LogP contribution in [0.4, 0.5) is 0 Å². The molecule has 0 aliphatic carbocycles. The Morgan fingerprint density at radius 1 is 1.57 bits per heavy atom. The van der Waals surface area contributed by atoms with Crippen LogP contribution < -0.4 is 4.74 Å². The molecule has 0 unspecified atom stereocenters. The topological polar surface area (TPSA) is 43.4 Å². The summed E-state index contributed by atoms with van der Waals surface area (Å²) in [6.07, 6.45) is 0.468. The van der Waals surface area contributed by atoms with Crippen molar-refractivity contribution in [2.45, 2.75) is 6.42 Å². The molecule has 0 aromatic heterocycles. The average molecular weight is 257 g/mol. The van der Waals surface area contributed by atoms with E-state index in [1.807, 2.05) is 0 Å². The van der Waals surface area contributed by atoms with Gasteiger partial charge in [0.05, 0.1) is 19.1 Å². The number of carbonyl (C=O) groups excluding carboxylic acids is 2. The van der Waals surface area contributed by atoms with Crippen molar-refractivity contribution in [3.8, 4) is 5.75 Å². The maximum absolute atomic E-state index is 11.4. The summed E-state index contributed by atoms with van der Waals surface area (Å²) in [5.41, 5.74) is 0.425. The zero-order valence-corrected chi connectivity index (χ0v) is 9.21. The summed E-state index contributed by atoms with van der Waals surface area (Å²) in [6.45, 7) is 0. The summed E-state index contributed by atoms with van der Waals surface area (Å²) >= 11 is 3.25. The first-order chi connectivity index (χ1) is 6.69. The second kappa shape index (κ2) is 4.91. The molecular weight excluding hydrogens is 248 g/mol. The zero-order chi connectivity index (χ0) is 10.6. The lowest BCUT2D eigenvalue weighted by Crippen LogP contribution is -2.02. The summed E-state index contributed by atoms with van der Waals surface area (Å²) < 4.78 is 5.79. The van der Waals surface area contributed by atoms with Gasteiger partial charge in [-0.2, -0.15) is 0 Å². The molecule has 4 heteroatoms. The minimum Gasteiger partial charge on any atom is -0.496 e. The molecule has 0 radical (unpaired) electrons. The molecule has 0 saturated carbocycles. The lowest BCUT2D eigenvalue weighted by atomic mass is 10.1. The van der Waals surface area contributed by atoms with Crippen LogP contribution in [0, 0.1) is 0 Å². The highest BCUT2D eigenvalue weighted by atomic mass is 79.9. The van der Waals surface area contributed by atoms with E-state index in [2.05, 4.69) is 15.9 Å². The van der Waals surface area contributed by atoms with Gasteiger partial charge in [-0.3, -0.25) is 4.79 Å². The molecule has 0 amide bonds. The number of halogens is 1. The van der Waals surface area contributed by atoms with Crippen molar-refractivity contribution in [2.24, 2.45) is 0 Å². The molecule has 1 aromatic carbocycles. The fourth-order valence-corrected chi connectivity index (χ4v) is 1.44. The van der Waals surface area contributed by atoms with Crippen LogP contribution in [0.25, 0.3) is 0 Å². The van der Waals surface area contributed by atoms with Crippen molar-refractivity contribution in [1.82, 2.24) is 0 Å². The zero-order valence-electron chi connectivity index (χ0n) is 7.62. The van der Waals surface area contributed by atoms with Gasteiger partial charge in [0.25, 0.3) is 0 Å². The SMILES string of the molecule is COc1ccc(Br)cc1C(=O)CC=O. The van der Waals surface area contributed by atoms with Crippen LogP contribution in [0.5, 0.6) is 5.75 Å². The van der Waals surface area contributed by atoms with Gasteiger partial charge in [0.1, 0.15) is 12.0 Å². The van der Waals surface area contributed by atoms with Crippen LogP contribution in [-0.2, 0) is 4.79 Å². The molecule has 0 N–H and O–H groups in total. The molecule has 0 spiro atoms. The lowest BCUT2D eigenvalue weighted by Gasteiger charge is -2.06. The lowest BCUT2D eigenvalue weighted by molar-refractivity contribution is -0.107. The largest absolute Gasteiger partial charge is 0.496 e. The maximum atomic E-state index is 11.4. The Kier molecular flexibility index (Phi) is 3.83. The van der Waals surface area contributed by atoms with Crippen LogP contribution >= 0.6 is 15.9 Å². The van der Waals surface area contributed by atoms with E-state index in [1.165, 1.54) is 7.11 Å². The summed E-state index contributed by atoms with van der Waals surface area (Å²) in [4.78, 5) is 21.6. The number of hydrogen-bond donors (Lipinski definition) is 0. The molecule has 0 aliphatic heterocycles. The smallest absolute Gasteiger partial charge is 0.173 e. The van der Waals surface area contributed by atoms with Crippen LogP contribution in [0.1, 0.15) is 16.8 Å². The van der Waals surface area contributed by atoms with Gasteiger partial charge < -0.3 is 9.53 Å². The summed E-state index contributed by atoms with van der Waals surface area (Å²) in [7, 11) is 1.49. The molecule has 0 aliphatic rings. The van der Waals surface area contributed by atoms with Gasteiger partial charge in [0, 0.05) is 4.47 Å². The van der Waals surface area contributed by atoms with Gasteiger partial charge in [0.15, 0.2) is 5.78 Å². The fourth-order valence-electron chi connectivity index (χ4n) is 1.08. The number of ether oxygens (including phenoxy) is 1. The Balaban J connectivity index is 3.09. The van der Waals surface area contributed by atoms with Gasteiger partial charge >= 0.3 is 0 Å². The first kappa shape index (κ1) is 10.9. The highest BCUT2D eigenvalue weighted by molar-refractivity contribution is 9.10. The second-order valence-electron chi connectivity index (χ2n) is 2.64. The molecule has 0 heterocycles. The highest BCUT2D eigenvalue weighted by Crippen LogP contribution is 2.23. The third kappa shape index (κ3) is 2.42. The van der Waals surface area contributed by atoms with Crippen LogP contribution in [-0.4, -0.2) is 19.2 Å². The van der Waals surface area contributed by atoms with Gasteiger partial charge in [-0.05, 0) is 18.2 Å². The molecule has 0 bridgehead atoms. The standard InChI is InChI=1S/C10H9BrO3/c1-14-10-3-2-7(11)6-8(10)9(13)4-5-12/h2-3,5-6H,4H2,1H3. The minimum atomic E-state index is -0.238. The van der Waals surface area contributed by atoms with Crippen molar-refractivity contribution in [3.63, 3.8) is 0 Å². The number of ketones is 1. The predicted octanol–water partition coefficient (Wildman–Crippen LogP) is 2.23. The number of methoxy groups -OCH3 is 1. The first-order valence-electron chi connectivity index (χ1n) is 3.99. The molecule has 14 heavy (non-hydrogen) atoms. The molecule has 3 nitrogen and oxygen atoms in total. The third-order valence-corrected chi connectivity index (χ3v) is 2.22. The van der Waals surface area contributed by atoms with Crippen molar-refractivity contribution in [1.29, 1.82) is 0 Å². The Hall–Kier alpha value is -1.16. The van der Waals surface area contributed by atoms with Crippen molar-refractivity contribution < 1.29 is 14.3 Å². The van der Waals surface area contributed by atoms with E-state index in [0.29, 0.717) is 17.6 Å². The Labute approximate surface area is 90.2 Å². The molecule has 0 fully saturated rings. The predicted molar refractivity (Wildman–Crippen MR) is 55.7 cm³/mol.